The van der Waals surface area contributed by atoms with E-state index in [-0.39, 0.29) is 17.9 Å². The molecule has 1 aliphatic rings. The Labute approximate surface area is 203 Å². The van der Waals surface area contributed by atoms with Gasteiger partial charge in [0.1, 0.15) is 10.6 Å². The quantitative estimate of drug-likeness (QED) is 0.442. The van der Waals surface area contributed by atoms with Crippen LogP contribution in [0.2, 0.25) is 0 Å². The van der Waals surface area contributed by atoms with E-state index >= 15 is 0 Å². The van der Waals surface area contributed by atoms with Crippen LogP contribution in [-0.4, -0.2) is 55.3 Å². The standard InChI is InChI=1S/C23H23N5O2S3/c1-13-4-6-16(7-5-13)18-20(33-15(3)26-18)22(30)28-12-31-11-17(28)10-24-21(29)19-14(2)25-23-27(19)8-9-32-23/h4-9,17H,10-12H2,1-3H3,(H,24,29)/t17-/m1/s1. The van der Waals surface area contributed by atoms with Gasteiger partial charge in [-0.15, -0.1) is 34.4 Å². The van der Waals surface area contributed by atoms with Crippen molar-refractivity contribution < 1.29 is 9.59 Å². The van der Waals surface area contributed by atoms with Crippen molar-refractivity contribution in [1.82, 2.24) is 24.6 Å². The summed E-state index contributed by atoms with van der Waals surface area (Å²) in [7, 11) is 0. The molecule has 0 bridgehead atoms. The van der Waals surface area contributed by atoms with Crippen LogP contribution in [0, 0.1) is 20.8 Å². The molecular formula is C23H23N5O2S3. The molecule has 1 aliphatic heterocycles. The second-order valence-electron chi connectivity index (χ2n) is 8.02. The third-order valence-electron chi connectivity index (χ3n) is 5.65. The summed E-state index contributed by atoms with van der Waals surface area (Å²) in [6, 6.07) is 8.01. The number of carbonyl (C=O) groups is 2. The normalized spacial score (nSPS) is 16.0. The maximum absolute atomic E-state index is 13.6. The van der Waals surface area contributed by atoms with E-state index in [1.54, 1.807) is 11.8 Å². The smallest absolute Gasteiger partial charge is 0.270 e. The molecule has 2 amide bonds. The number of fused-ring (bicyclic) bond motifs is 1. The number of aryl methyl sites for hydroxylation is 3. The van der Waals surface area contributed by atoms with E-state index in [9.17, 15) is 9.59 Å². The molecule has 0 spiro atoms. The average Bonchev–Trinajstić information content (AvgIpc) is 3.56. The van der Waals surface area contributed by atoms with Crippen LogP contribution in [-0.2, 0) is 0 Å². The molecule has 1 fully saturated rings. The first-order valence-corrected chi connectivity index (χ1v) is 13.4. The molecule has 1 aromatic carbocycles. The molecule has 1 atom stereocenters. The summed E-state index contributed by atoms with van der Waals surface area (Å²) in [5.41, 5.74) is 4.10. The highest BCUT2D eigenvalue weighted by Gasteiger charge is 2.33. The van der Waals surface area contributed by atoms with Crippen LogP contribution in [0.4, 0.5) is 0 Å². The molecular weight excluding hydrogens is 474 g/mol. The molecule has 4 heterocycles. The molecule has 0 aliphatic carbocycles. The Morgan fingerprint density at radius 3 is 2.73 bits per heavy atom. The van der Waals surface area contributed by atoms with Crippen molar-refractivity contribution in [3.8, 4) is 11.3 Å². The Hall–Kier alpha value is -2.69. The Morgan fingerprint density at radius 1 is 1.15 bits per heavy atom. The minimum atomic E-state index is -0.170. The van der Waals surface area contributed by atoms with Crippen molar-refractivity contribution in [2.75, 3.05) is 18.2 Å². The number of thiazole rings is 2. The van der Waals surface area contributed by atoms with Crippen LogP contribution >= 0.6 is 34.4 Å². The highest BCUT2D eigenvalue weighted by Crippen LogP contribution is 2.32. The average molecular weight is 498 g/mol. The van der Waals surface area contributed by atoms with Gasteiger partial charge >= 0.3 is 0 Å². The molecule has 7 nitrogen and oxygen atoms in total. The second-order valence-corrected chi connectivity index (χ2v) is 11.1. The van der Waals surface area contributed by atoms with E-state index in [0.717, 1.165) is 27.0 Å². The Morgan fingerprint density at radius 2 is 1.94 bits per heavy atom. The highest BCUT2D eigenvalue weighted by molar-refractivity contribution is 7.99. The predicted molar refractivity (Wildman–Crippen MR) is 134 cm³/mol. The molecule has 0 radical (unpaired) electrons. The summed E-state index contributed by atoms with van der Waals surface area (Å²) in [5, 5.41) is 5.80. The van der Waals surface area contributed by atoms with Crippen LogP contribution in [0.25, 0.3) is 16.2 Å². The molecule has 3 aromatic heterocycles. The number of hydrogen-bond donors (Lipinski definition) is 1. The van der Waals surface area contributed by atoms with E-state index in [0.29, 0.717) is 28.7 Å². The molecule has 0 saturated carbocycles. The van der Waals surface area contributed by atoms with Gasteiger partial charge in [0.2, 0.25) is 0 Å². The van der Waals surface area contributed by atoms with Gasteiger partial charge in [0.15, 0.2) is 4.96 Å². The number of hydrogen-bond acceptors (Lipinski definition) is 7. The van der Waals surface area contributed by atoms with Crippen molar-refractivity contribution in [2.45, 2.75) is 26.8 Å². The fourth-order valence-electron chi connectivity index (χ4n) is 3.95. The number of aromatic nitrogens is 3. The lowest BCUT2D eigenvalue weighted by Gasteiger charge is -2.24. The third kappa shape index (κ3) is 4.18. The lowest BCUT2D eigenvalue weighted by Crippen LogP contribution is -2.44. The molecule has 10 heteroatoms. The molecule has 170 valence electrons. The predicted octanol–water partition coefficient (Wildman–Crippen LogP) is 4.39. The van der Waals surface area contributed by atoms with E-state index in [2.05, 4.69) is 15.3 Å². The molecule has 1 saturated heterocycles. The summed E-state index contributed by atoms with van der Waals surface area (Å²) in [4.78, 5) is 38.9. The van der Waals surface area contributed by atoms with E-state index in [4.69, 9.17) is 0 Å². The van der Waals surface area contributed by atoms with E-state index in [1.165, 1.54) is 28.2 Å². The van der Waals surface area contributed by atoms with Gasteiger partial charge in [-0.25, -0.2) is 9.97 Å². The lowest BCUT2D eigenvalue weighted by atomic mass is 10.1. The minimum absolute atomic E-state index is 0.0267. The lowest BCUT2D eigenvalue weighted by molar-refractivity contribution is 0.0740. The summed E-state index contributed by atoms with van der Waals surface area (Å²) < 4.78 is 1.82. The van der Waals surface area contributed by atoms with Gasteiger partial charge in [0.05, 0.1) is 28.3 Å². The van der Waals surface area contributed by atoms with Gasteiger partial charge in [-0.2, -0.15) is 0 Å². The van der Waals surface area contributed by atoms with Crippen molar-refractivity contribution in [2.24, 2.45) is 0 Å². The molecule has 33 heavy (non-hydrogen) atoms. The first kappa shape index (κ1) is 22.1. The van der Waals surface area contributed by atoms with Crippen molar-refractivity contribution >= 4 is 51.2 Å². The first-order chi connectivity index (χ1) is 15.9. The van der Waals surface area contributed by atoms with Gasteiger partial charge in [-0.3, -0.25) is 14.0 Å². The first-order valence-electron chi connectivity index (χ1n) is 10.6. The van der Waals surface area contributed by atoms with Gasteiger partial charge in [-0.05, 0) is 20.8 Å². The highest BCUT2D eigenvalue weighted by atomic mass is 32.2. The maximum atomic E-state index is 13.6. The summed E-state index contributed by atoms with van der Waals surface area (Å²) in [6.45, 7) is 6.20. The number of carbonyl (C=O) groups excluding carboxylic acids is 2. The van der Waals surface area contributed by atoms with Gasteiger partial charge < -0.3 is 10.2 Å². The zero-order valence-corrected chi connectivity index (χ0v) is 20.9. The number of rotatable bonds is 5. The monoisotopic (exact) mass is 497 g/mol. The maximum Gasteiger partial charge on any atom is 0.270 e. The number of amides is 2. The van der Waals surface area contributed by atoms with Gasteiger partial charge in [0, 0.05) is 29.4 Å². The fourth-order valence-corrected chi connectivity index (χ4v) is 6.80. The molecule has 5 rings (SSSR count). The zero-order chi connectivity index (χ0) is 23.1. The number of thioether (sulfide) groups is 1. The third-order valence-corrected chi connectivity index (χ3v) is 8.44. The van der Waals surface area contributed by atoms with E-state index in [1.807, 2.05) is 65.9 Å². The number of nitrogens with one attached hydrogen (secondary N) is 1. The number of nitrogens with zero attached hydrogens (tertiary/aromatic N) is 4. The minimum Gasteiger partial charge on any atom is -0.349 e. The Kier molecular flexibility index (Phi) is 5.98. The number of benzene rings is 1. The Bertz CT molecular complexity index is 1340. The summed E-state index contributed by atoms with van der Waals surface area (Å²) in [6.07, 6.45) is 1.86. The van der Waals surface area contributed by atoms with E-state index < -0.39 is 0 Å². The Balaban J connectivity index is 1.33. The zero-order valence-electron chi connectivity index (χ0n) is 18.5. The van der Waals surface area contributed by atoms with Crippen LogP contribution in [0.5, 0.6) is 0 Å². The van der Waals surface area contributed by atoms with Crippen LogP contribution in [0.15, 0.2) is 35.8 Å². The molecule has 0 unspecified atom stereocenters. The van der Waals surface area contributed by atoms with Crippen molar-refractivity contribution in [3.63, 3.8) is 0 Å². The topological polar surface area (TPSA) is 79.6 Å². The largest absolute Gasteiger partial charge is 0.349 e. The van der Waals surface area contributed by atoms with Gasteiger partial charge in [0.25, 0.3) is 11.8 Å². The van der Waals surface area contributed by atoms with Crippen LogP contribution in [0.1, 0.15) is 36.4 Å². The molecule has 1 N–H and O–H groups in total. The number of imidazole rings is 1. The fraction of sp³-hybridized carbons (Fsp3) is 0.304. The van der Waals surface area contributed by atoms with Crippen molar-refractivity contribution in [3.05, 3.63) is 62.7 Å². The summed E-state index contributed by atoms with van der Waals surface area (Å²) in [5.74, 6) is 1.19. The van der Waals surface area contributed by atoms with Crippen LogP contribution in [0.3, 0.4) is 0 Å². The van der Waals surface area contributed by atoms with Gasteiger partial charge in [-0.1, -0.05) is 29.8 Å². The molecule has 4 aromatic rings. The van der Waals surface area contributed by atoms with Crippen molar-refractivity contribution in [1.29, 1.82) is 0 Å². The summed E-state index contributed by atoms with van der Waals surface area (Å²) >= 11 is 4.63. The SMILES string of the molecule is Cc1ccc(-c2nc(C)sc2C(=O)N2CSC[C@H]2CNC(=O)c2c(C)nc3sccn23)cc1. The van der Waals surface area contributed by atoms with Crippen LogP contribution < -0.4 is 5.32 Å². The second kappa shape index (κ2) is 8.92.